The highest BCUT2D eigenvalue weighted by Crippen LogP contribution is 2.34. The van der Waals surface area contributed by atoms with Crippen molar-refractivity contribution >= 4 is 29.0 Å². The van der Waals surface area contributed by atoms with Crippen molar-refractivity contribution in [2.24, 2.45) is 11.5 Å². The van der Waals surface area contributed by atoms with E-state index in [1.807, 2.05) is 31.3 Å². The third kappa shape index (κ3) is 5.28. The zero-order valence-electron chi connectivity index (χ0n) is 14.2. The molecule has 25 heavy (non-hydrogen) atoms. The van der Waals surface area contributed by atoms with E-state index in [2.05, 4.69) is 10.2 Å². The lowest BCUT2D eigenvalue weighted by atomic mass is 10.1. The molecular weight excluding hydrogens is 340 g/mol. The molecule has 0 saturated carbocycles. The van der Waals surface area contributed by atoms with Gasteiger partial charge >= 0.3 is 6.03 Å². The number of nitrogens with two attached hydrogens (primary N) is 2. The summed E-state index contributed by atoms with van der Waals surface area (Å²) in [4.78, 5) is 25.9. The quantitative estimate of drug-likeness (QED) is 0.667. The Balaban J connectivity index is 2.16. The first-order valence-electron chi connectivity index (χ1n) is 7.67. The van der Waals surface area contributed by atoms with Gasteiger partial charge in [-0.05, 0) is 24.2 Å². The number of carbonyl (C=O) groups excluding carboxylic acids is 2. The average Bonchev–Trinajstić information content (AvgIpc) is 2.97. The van der Waals surface area contributed by atoms with Gasteiger partial charge in [-0.2, -0.15) is 0 Å². The fourth-order valence-electron chi connectivity index (χ4n) is 2.35. The summed E-state index contributed by atoms with van der Waals surface area (Å²) >= 11 is 1.22. The normalized spacial score (nSPS) is 10.8. The van der Waals surface area contributed by atoms with Gasteiger partial charge in [0, 0.05) is 25.1 Å². The Morgan fingerprint density at radius 2 is 1.92 bits per heavy atom. The number of nitrogens with zero attached hydrogens (tertiary/aromatic N) is 1. The molecule has 3 amide bonds. The van der Waals surface area contributed by atoms with Crippen molar-refractivity contribution in [2.75, 3.05) is 32.6 Å². The van der Waals surface area contributed by atoms with Crippen LogP contribution in [-0.4, -0.2) is 44.1 Å². The van der Waals surface area contributed by atoms with Crippen molar-refractivity contribution in [3.05, 3.63) is 40.8 Å². The van der Waals surface area contributed by atoms with Crippen LogP contribution < -0.4 is 16.8 Å². The van der Waals surface area contributed by atoms with Crippen LogP contribution in [0.25, 0.3) is 10.4 Å². The predicted octanol–water partition coefficient (Wildman–Crippen LogP) is 2.08. The number of benzene rings is 1. The van der Waals surface area contributed by atoms with Crippen LogP contribution in [0.2, 0.25) is 0 Å². The number of primary amides is 2. The summed E-state index contributed by atoms with van der Waals surface area (Å²) in [5.74, 6) is -0.601. The van der Waals surface area contributed by atoms with Crippen molar-refractivity contribution in [1.82, 2.24) is 4.90 Å². The highest BCUT2D eigenvalue weighted by molar-refractivity contribution is 7.18. The largest absolute Gasteiger partial charge is 0.383 e. The van der Waals surface area contributed by atoms with E-state index in [-0.39, 0.29) is 4.88 Å². The van der Waals surface area contributed by atoms with Crippen LogP contribution in [0.4, 0.5) is 10.5 Å². The van der Waals surface area contributed by atoms with E-state index in [0.717, 1.165) is 23.5 Å². The molecule has 1 heterocycles. The number of likely N-dealkylation sites (N-methyl/N-ethyl adjacent to an activating group) is 1. The smallest absolute Gasteiger partial charge is 0.316 e. The van der Waals surface area contributed by atoms with Crippen molar-refractivity contribution in [2.45, 2.75) is 6.54 Å². The Bertz CT molecular complexity index is 743. The molecule has 0 aliphatic rings. The highest BCUT2D eigenvalue weighted by Gasteiger charge is 2.16. The van der Waals surface area contributed by atoms with E-state index in [1.165, 1.54) is 16.9 Å². The Morgan fingerprint density at radius 1 is 1.24 bits per heavy atom. The number of ether oxygens (including phenoxy) is 1. The van der Waals surface area contributed by atoms with Crippen LogP contribution in [0, 0.1) is 0 Å². The van der Waals surface area contributed by atoms with Crippen molar-refractivity contribution in [3.8, 4) is 10.4 Å². The number of carbonyl (C=O) groups is 2. The Labute approximate surface area is 150 Å². The molecule has 0 fully saturated rings. The third-order valence-electron chi connectivity index (χ3n) is 3.58. The zero-order chi connectivity index (χ0) is 18.4. The minimum Gasteiger partial charge on any atom is -0.383 e. The van der Waals surface area contributed by atoms with E-state index in [9.17, 15) is 9.59 Å². The van der Waals surface area contributed by atoms with Crippen LogP contribution >= 0.6 is 11.3 Å². The molecule has 0 unspecified atom stereocenters. The number of thiophene rings is 1. The van der Waals surface area contributed by atoms with Gasteiger partial charge in [0.05, 0.1) is 12.3 Å². The van der Waals surface area contributed by atoms with Crippen molar-refractivity contribution < 1.29 is 14.3 Å². The lowest BCUT2D eigenvalue weighted by Crippen LogP contribution is -2.22. The van der Waals surface area contributed by atoms with E-state index < -0.39 is 11.9 Å². The number of anilines is 1. The molecule has 0 atom stereocenters. The average molecular weight is 362 g/mol. The summed E-state index contributed by atoms with van der Waals surface area (Å²) in [6.07, 6.45) is 0. The van der Waals surface area contributed by atoms with Gasteiger partial charge < -0.3 is 21.5 Å². The summed E-state index contributed by atoms with van der Waals surface area (Å²) in [5, 5.41) is 2.43. The van der Waals surface area contributed by atoms with Gasteiger partial charge in [0.25, 0.3) is 5.91 Å². The number of methoxy groups -OCH3 is 1. The van der Waals surface area contributed by atoms with Crippen LogP contribution in [-0.2, 0) is 11.3 Å². The van der Waals surface area contributed by atoms with Crippen LogP contribution in [0.3, 0.4) is 0 Å². The number of urea groups is 1. The Hall–Kier alpha value is -2.42. The second-order valence-corrected chi connectivity index (χ2v) is 6.69. The maximum absolute atomic E-state index is 11.5. The predicted molar refractivity (Wildman–Crippen MR) is 99.7 cm³/mol. The lowest BCUT2D eigenvalue weighted by molar-refractivity contribution is 0.100. The number of rotatable bonds is 8. The molecule has 1 aromatic carbocycles. The minimum absolute atomic E-state index is 0.275. The molecule has 8 heteroatoms. The third-order valence-corrected chi connectivity index (χ3v) is 4.78. The van der Waals surface area contributed by atoms with E-state index in [1.54, 1.807) is 13.2 Å². The van der Waals surface area contributed by atoms with Gasteiger partial charge in [0.15, 0.2) is 0 Å². The maximum Gasteiger partial charge on any atom is 0.316 e. The fourth-order valence-corrected chi connectivity index (χ4v) is 3.33. The summed E-state index contributed by atoms with van der Waals surface area (Å²) in [6, 6.07) is 8.98. The monoisotopic (exact) mass is 362 g/mol. The molecule has 1 aromatic heterocycles. The molecule has 0 aliphatic heterocycles. The molecular formula is C17H22N4O3S. The highest BCUT2D eigenvalue weighted by atomic mass is 32.1. The number of amides is 3. The van der Waals surface area contributed by atoms with E-state index in [0.29, 0.717) is 12.3 Å². The van der Waals surface area contributed by atoms with E-state index in [4.69, 9.17) is 16.2 Å². The number of hydrogen-bond acceptors (Lipinski definition) is 5. The Kier molecular flexibility index (Phi) is 6.51. The van der Waals surface area contributed by atoms with E-state index >= 15 is 0 Å². The Morgan fingerprint density at radius 3 is 2.48 bits per heavy atom. The molecule has 5 N–H and O–H groups in total. The number of nitrogens with one attached hydrogen (secondary N) is 1. The lowest BCUT2D eigenvalue weighted by Gasteiger charge is -2.16. The van der Waals surface area contributed by atoms with Gasteiger partial charge in [-0.25, -0.2) is 4.79 Å². The molecule has 7 nitrogen and oxygen atoms in total. The molecule has 2 aromatic rings. The summed E-state index contributed by atoms with van der Waals surface area (Å²) in [5.41, 5.74) is 12.9. The maximum atomic E-state index is 11.5. The van der Waals surface area contributed by atoms with Gasteiger partial charge in [0.2, 0.25) is 0 Å². The molecule has 0 spiro atoms. The van der Waals surface area contributed by atoms with Crippen molar-refractivity contribution in [1.29, 1.82) is 0 Å². The molecule has 0 saturated heterocycles. The minimum atomic E-state index is -0.735. The van der Waals surface area contributed by atoms with Crippen LogP contribution in [0.5, 0.6) is 0 Å². The summed E-state index contributed by atoms with van der Waals surface area (Å²) < 4.78 is 5.07. The first kappa shape index (κ1) is 18.9. The fraction of sp³-hybridized carbons (Fsp3) is 0.294. The van der Waals surface area contributed by atoms with Gasteiger partial charge in [0.1, 0.15) is 4.88 Å². The van der Waals surface area contributed by atoms with Gasteiger partial charge in [-0.1, -0.05) is 24.3 Å². The topological polar surface area (TPSA) is 111 Å². The number of hydrogen-bond donors (Lipinski definition) is 3. The second-order valence-electron chi connectivity index (χ2n) is 5.63. The standard InChI is InChI=1S/C17H22N4O3S/c1-21(7-8-24-2)10-11-3-5-12(6-4-11)14-9-13(20-17(19)23)15(25-14)16(18)22/h3-6,9H,7-8,10H2,1-2H3,(H2,18,22)(H3,19,20,23). The molecule has 0 aliphatic carbocycles. The van der Waals surface area contributed by atoms with Gasteiger partial charge in [-0.3, -0.25) is 9.69 Å². The summed E-state index contributed by atoms with van der Waals surface area (Å²) in [7, 11) is 3.72. The van der Waals surface area contributed by atoms with Gasteiger partial charge in [-0.15, -0.1) is 11.3 Å². The first-order chi connectivity index (χ1) is 11.9. The zero-order valence-corrected chi connectivity index (χ0v) is 15.1. The second kappa shape index (κ2) is 8.61. The SMILES string of the molecule is COCCN(C)Cc1ccc(-c2cc(NC(N)=O)c(C(N)=O)s2)cc1. The van der Waals surface area contributed by atoms with Crippen LogP contribution in [0.15, 0.2) is 30.3 Å². The molecule has 0 radical (unpaired) electrons. The molecule has 2 rings (SSSR count). The molecule has 134 valence electrons. The van der Waals surface area contributed by atoms with Crippen LogP contribution in [0.1, 0.15) is 15.2 Å². The van der Waals surface area contributed by atoms with Crippen molar-refractivity contribution in [3.63, 3.8) is 0 Å². The molecule has 0 bridgehead atoms. The summed E-state index contributed by atoms with van der Waals surface area (Å²) in [6.45, 7) is 2.36. The first-order valence-corrected chi connectivity index (χ1v) is 8.49.